The van der Waals surface area contributed by atoms with Gasteiger partial charge in [0.05, 0.1) is 11.6 Å². The van der Waals surface area contributed by atoms with Crippen LogP contribution < -0.4 is 15.4 Å². The Morgan fingerprint density at radius 2 is 1.71 bits per heavy atom. The fraction of sp³-hybridized carbons (Fsp3) is 0.360. The maximum absolute atomic E-state index is 13.0. The smallest absolute Gasteiger partial charge is 0.338 e. The largest absolute Gasteiger partial charge is 0.489 e. The lowest BCUT2D eigenvalue weighted by atomic mass is 9.94. The Morgan fingerprint density at radius 1 is 1.00 bits per heavy atom. The number of ether oxygens (including phenoxy) is 2. The van der Waals surface area contributed by atoms with Crippen molar-refractivity contribution in [2.45, 2.75) is 57.8 Å². The highest BCUT2D eigenvalue weighted by molar-refractivity contribution is 5.95. The van der Waals surface area contributed by atoms with Crippen LogP contribution in [-0.4, -0.2) is 18.1 Å². The molecular weight excluding hydrogens is 392 g/mol. The van der Waals surface area contributed by atoms with E-state index in [0.29, 0.717) is 17.9 Å². The van der Waals surface area contributed by atoms with Crippen molar-refractivity contribution < 1.29 is 19.1 Å². The zero-order valence-corrected chi connectivity index (χ0v) is 17.7. The van der Waals surface area contributed by atoms with Crippen LogP contribution in [-0.2, 0) is 16.1 Å². The molecule has 1 aliphatic heterocycles. The van der Waals surface area contributed by atoms with E-state index in [1.807, 2.05) is 54.6 Å². The van der Waals surface area contributed by atoms with E-state index in [-0.39, 0.29) is 18.1 Å². The van der Waals surface area contributed by atoms with Gasteiger partial charge in [0.25, 0.3) is 0 Å². The molecule has 162 valence electrons. The van der Waals surface area contributed by atoms with Crippen molar-refractivity contribution in [2.75, 3.05) is 0 Å². The van der Waals surface area contributed by atoms with Crippen LogP contribution in [0, 0.1) is 0 Å². The third kappa shape index (κ3) is 5.26. The molecule has 1 unspecified atom stereocenters. The van der Waals surface area contributed by atoms with Gasteiger partial charge in [0.15, 0.2) is 0 Å². The molecule has 6 heteroatoms. The van der Waals surface area contributed by atoms with Gasteiger partial charge in [0, 0.05) is 5.70 Å². The molecule has 4 rings (SSSR count). The Labute approximate surface area is 182 Å². The number of carbonyl (C=O) groups excluding carboxylic acids is 2. The Bertz CT molecular complexity index is 947. The summed E-state index contributed by atoms with van der Waals surface area (Å²) >= 11 is 0. The van der Waals surface area contributed by atoms with Gasteiger partial charge in [-0.25, -0.2) is 9.59 Å². The van der Waals surface area contributed by atoms with Crippen LogP contribution in [0.1, 0.15) is 56.2 Å². The number of benzene rings is 2. The second-order valence-corrected chi connectivity index (χ2v) is 8.08. The van der Waals surface area contributed by atoms with Crippen LogP contribution in [0.25, 0.3) is 0 Å². The first-order valence-corrected chi connectivity index (χ1v) is 10.9. The Balaban J connectivity index is 1.48. The molecule has 2 aromatic carbocycles. The lowest BCUT2D eigenvalue weighted by Gasteiger charge is -2.30. The SMILES string of the molecule is CC1=C(C(=O)OC2CCCCC2)C(c2ccc(OCc3ccccc3)cc2)NC(=O)N1. The number of rotatable bonds is 6. The second-order valence-electron chi connectivity index (χ2n) is 8.08. The van der Waals surface area contributed by atoms with Crippen LogP contribution in [0.15, 0.2) is 65.9 Å². The molecule has 31 heavy (non-hydrogen) atoms. The lowest BCUT2D eigenvalue weighted by molar-refractivity contribution is -0.146. The fourth-order valence-electron chi connectivity index (χ4n) is 4.11. The first-order chi connectivity index (χ1) is 15.1. The molecular formula is C25H28N2O4. The zero-order valence-electron chi connectivity index (χ0n) is 17.7. The van der Waals surface area contributed by atoms with E-state index in [4.69, 9.17) is 9.47 Å². The predicted octanol–water partition coefficient (Wildman–Crippen LogP) is 4.77. The lowest BCUT2D eigenvalue weighted by Crippen LogP contribution is -2.45. The molecule has 0 radical (unpaired) electrons. The highest BCUT2D eigenvalue weighted by Gasteiger charge is 2.33. The molecule has 1 saturated carbocycles. The number of allylic oxidation sites excluding steroid dienone is 1. The third-order valence-electron chi connectivity index (χ3n) is 5.78. The topological polar surface area (TPSA) is 76.7 Å². The Kier molecular flexibility index (Phi) is 6.55. The van der Waals surface area contributed by atoms with Crippen molar-refractivity contribution in [3.63, 3.8) is 0 Å². The van der Waals surface area contributed by atoms with Gasteiger partial charge in [0.1, 0.15) is 18.5 Å². The predicted molar refractivity (Wildman–Crippen MR) is 117 cm³/mol. The molecule has 2 aromatic rings. The van der Waals surface area contributed by atoms with Crippen LogP contribution in [0.5, 0.6) is 5.75 Å². The van der Waals surface area contributed by atoms with Crippen molar-refractivity contribution in [2.24, 2.45) is 0 Å². The van der Waals surface area contributed by atoms with Crippen LogP contribution in [0.2, 0.25) is 0 Å². The molecule has 2 aliphatic rings. The quantitative estimate of drug-likeness (QED) is 0.660. The van der Waals surface area contributed by atoms with Gasteiger partial charge in [0.2, 0.25) is 0 Å². The molecule has 2 amide bonds. The van der Waals surface area contributed by atoms with Crippen molar-refractivity contribution in [3.8, 4) is 5.75 Å². The van der Waals surface area contributed by atoms with Crippen molar-refractivity contribution in [1.29, 1.82) is 0 Å². The Morgan fingerprint density at radius 3 is 2.42 bits per heavy atom. The molecule has 0 bridgehead atoms. The van der Waals surface area contributed by atoms with E-state index >= 15 is 0 Å². The standard InChI is InChI=1S/C25H28N2O4/c1-17-22(24(28)31-21-10-6-3-7-11-21)23(27-25(29)26-17)19-12-14-20(15-13-19)30-16-18-8-4-2-5-9-18/h2,4-5,8-9,12-15,21,23H,3,6-7,10-11,16H2,1H3,(H2,26,27,29). The van der Waals surface area contributed by atoms with Crippen LogP contribution >= 0.6 is 0 Å². The van der Waals surface area contributed by atoms with Gasteiger partial charge in [-0.3, -0.25) is 0 Å². The van der Waals surface area contributed by atoms with E-state index < -0.39 is 6.04 Å². The van der Waals surface area contributed by atoms with Gasteiger partial charge in [-0.05, 0) is 55.9 Å². The van der Waals surface area contributed by atoms with Gasteiger partial charge in [-0.1, -0.05) is 48.9 Å². The Hall–Kier alpha value is -3.28. The van der Waals surface area contributed by atoms with Crippen LogP contribution in [0.3, 0.4) is 0 Å². The number of amides is 2. The summed E-state index contributed by atoms with van der Waals surface area (Å²) in [6.07, 6.45) is 5.10. The number of carbonyl (C=O) groups is 2. The minimum atomic E-state index is -0.562. The normalized spacial score (nSPS) is 19.4. The van der Waals surface area contributed by atoms with Gasteiger partial charge in [-0.15, -0.1) is 0 Å². The summed E-state index contributed by atoms with van der Waals surface area (Å²) in [5.74, 6) is 0.353. The highest BCUT2D eigenvalue weighted by atomic mass is 16.5. The third-order valence-corrected chi connectivity index (χ3v) is 5.78. The number of urea groups is 1. The fourth-order valence-corrected chi connectivity index (χ4v) is 4.11. The van der Waals surface area contributed by atoms with Gasteiger partial charge < -0.3 is 20.1 Å². The molecule has 1 atom stereocenters. The average Bonchev–Trinajstić information content (AvgIpc) is 2.79. The van der Waals surface area contributed by atoms with E-state index in [9.17, 15) is 9.59 Å². The van der Waals surface area contributed by atoms with E-state index in [0.717, 1.165) is 42.6 Å². The van der Waals surface area contributed by atoms with E-state index in [2.05, 4.69) is 10.6 Å². The summed E-state index contributed by atoms with van der Waals surface area (Å²) in [6, 6.07) is 16.5. The highest BCUT2D eigenvalue weighted by Crippen LogP contribution is 2.30. The van der Waals surface area contributed by atoms with E-state index in [1.54, 1.807) is 6.92 Å². The summed E-state index contributed by atoms with van der Waals surface area (Å²) in [5.41, 5.74) is 2.86. The maximum atomic E-state index is 13.0. The monoisotopic (exact) mass is 420 g/mol. The van der Waals surface area contributed by atoms with E-state index in [1.165, 1.54) is 6.42 Å². The summed E-state index contributed by atoms with van der Waals surface area (Å²) in [5, 5.41) is 5.56. The number of esters is 1. The minimum Gasteiger partial charge on any atom is -0.489 e. The van der Waals surface area contributed by atoms with Gasteiger partial charge in [-0.2, -0.15) is 0 Å². The summed E-state index contributed by atoms with van der Waals surface area (Å²) in [4.78, 5) is 25.1. The average molecular weight is 421 g/mol. The van der Waals surface area contributed by atoms with Gasteiger partial charge >= 0.3 is 12.0 Å². The first kappa shape index (κ1) is 21.0. The minimum absolute atomic E-state index is 0.0476. The summed E-state index contributed by atoms with van der Waals surface area (Å²) in [7, 11) is 0. The maximum Gasteiger partial charge on any atom is 0.338 e. The van der Waals surface area contributed by atoms with Crippen molar-refractivity contribution in [3.05, 3.63) is 77.0 Å². The molecule has 1 fully saturated rings. The summed E-state index contributed by atoms with van der Waals surface area (Å²) in [6.45, 7) is 2.21. The van der Waals surface area contributed by atoms with Crippen molar-refractivity contribution in [1.82, 2.24) is 10.6 Å². The first-order valence-electron chi connectivity index (χ1n) is 10.9. The molecule has 2 N–H and O–H groups in total. The van der Waals surface area contributed by atoms with Crippen molar-refractivity contribution >= 4 is 12.0 Å². The van der Waals surface area contributed by atoms with Crippen LogP contribution in [0.4, 0.5) is 4.79 Å². The summed E-state index contributed by atoms with van der Waals surface area (Å²) < 4.78 is 11.6. The molecule has 0 aromatic heterocycles. The number of hydrogen-bond donors (Lipinski definition) is 2. The number of nitrogens with one attached hydrogen (secondary N) is 2. The molecule has 1 aliphatic carbocycles. The molecule has 6 nitrogen and oxygen atoms in total. The second kappa shape index (κ2) is 9.69. The molecule has 0 spiro atoms. The zero-order chi connectivity index (χ0) is 21.6. The molecule has 1 heterocycles. The number of hydrogen-bond acceptors (Lipinski definition) is 4. The molecule has 0 saturated heterocycles.